The lowest BCUT2D eigenvalue weighted by molar-refractivity contribution is 0.0178. The molecule has 0 radical (unpaired) electrons. The number of aryl methyl sites for hydroxylation is 3. The summed E-state index contributed by atoms with van der Waals surface area (Å²) in [7, 11) is 1.63. The predicted molar refractivity (Wildman–Crippen MR) is 109 cm³/mol. The molecule has 0 spiro atoms. The van der Waals surface area contributed by atoms with Gasteiger partial charge < -0.3 is 14.4 Å². The molecule has 28 heavy (non-hydrogen) atoms. The zero-order valence-corrected chi connectivity index (χ0v) is 16.7. The Morgan fingerprint density at radius 1 is 1.07 bits per heavy atom. The summed E-state index contributed by atoms with van der Waals surface area (Å²) in [5.41, 5.74) is 4.78. The summed E-state index contributed by atoms with van der Waals surface area (Å²) < 4.78 is 11.2. The van der Waals surface area contributed by atoms with Crippen LogP contribution in [0.1, 0.15) is 27.2 Å². The number of amides is 1. The van der Waals surface area contributed by atoms with Gasteiger partial charge in [-0.05, 0) is 50.1 Å². The normalized spacial score (nSPS) is 14.1. The topological polar surface area (TPSA) is 51.7 Å². The van der Waals surface area contributed by atoms with Crippen LogP contribution >= 0.6 is 0 Å². The van der Waals surface area contributed by atoms with Gasteiger partial charge in [0.1, 0.15) is 17.6 Å². The van der Waals surface area contributed by atoms with Crippen LogP contribution in [0.3, 0.4) is 0 Å². The van der Waals surface area contributed by atoms with Crippen LogP contribution in [0.15, 0.2) is 42.5 Å². The van der Waals surface area contributed by atoms with Crippen LogP contribution in [-0.4, -0.2) is 42.1 Å². The number of nitrogens with zero attached hydrogens (tertiary/aromatic N) is 2. The highest BCUT2D eigenvalue weighted by atomic mass is 16.5. The molecule has 5 nitrogen and oxygen atoms in total. The lowest BCUT2D eigenvalue weighted by Crippen LogP contribution is -2.56. The molecule has 5 heteroatoms. The minimum absolute atomic E-state index is 0.00534. The SMILES string of the molecule is COc1cccc(OC2CN(C(=O)c3cc(C)nc4c(C)c(C)ccc34)C2)c1. The summed E-state index contributed by atoms with van der Waals surface area (Å²) in [4.78, 5) is 19.6. The number of ether oxygens (including phenoxy) is 2. The van der Waals surface area contributed by atoms with E-state index in [9.17, 15) is 4.79 Å². The monoisotopic (exact) mass is 376 g/mol. The fourth-order valence-electron chi connectivity index (χ4n) is 3.55. The number of carbonyl (C=O) groups is 1. The van der Waals surface area contributed by atoms with Crippen LogP contribution in [0.5, 0.6) is 11.5 Å². The van der Waals surface area contributed by atoms with Crippen LogP contribution in [0.25, 0.3) is 10.9 Å². The number of hydrogen-bond acceptors (Lipinski definition) is 4. The molecule has 1 aliphatic rings. The Morgan fingerprint density at radius 3 is 2.57 bits per heavy atom. The Labute approximate surface area is 164 Å². The number of methoxy groups -OCH3 is 1. The van der Waals surface area contributed by atoms with E-state index in [0.29, 0.717) is 18.7 Å². The summed E-state index contributed by atoms with van der Waals surface area (Å²) in [6, 6.07) is 13.5. The van der Waals surface area contributed by atoms with E-state index in [1.165, 1.54) is 5.56 Å². The van der Waals surface area contributed by atoms with Crippen molar-refractivity contribution in [1.82, 2.24) is 9.88 Å². The number of aromatic nitrogens is 1. The van der Waals surface area contributed by atoms with Crippen molar-refractivity contribution in [3.05, 3.63) is 64.8 Å². The maximum atomic E-state index is 13.1. The third-order valence-electron chi connectivity index (χ3n) is 5.34. The molecule has 2 aromatic carbocycles. The summed E-state index contributed by atoms with van der Waals surface area (Å²) >= 11 is 0. The van der Waals surface area contributed by atoms with Crippen molar-refractivity contribution in [2.24, 2.45) is 0 Å². The maximum absolute atomic E-state index is 13.1. The third-order valence-corrected chi connectivity index (χ3v) is 5.34. The minimum Gasteiger partial charge on any atom is -0.497 e. The number of fused-ring (bicyclic) bond motifs is 1. The summed E-state index contributed by atoms with van der Waals surface area (Å²) in [5.74, 6) is 1.55. The van der Waals surface area contributed by atoms with Crippen molar-refractivity contribution in [3.8, 4) is 11.5 Å². The van der Waals surface area contributed by atoms with Crippen LogP contribution in [0.2, 0.25) is 0 Å². The van der Waals surface area contributed by atoms with Gasteiger partial charge in [-0.25, -0.2) is 0 Å². The second-order valence-corrected chi connectivity index (χ2v) is 7.34. The van der Waals surface area contributed by atoms with Crippen molar-refractivity contribution < 1.29 is 14.3 Å². The van der Waals surface area contributed by atoms with E-state index in [1.54, 1.807) is 7.11 Å². The summed E-state index contributed by atoms with van der Waals surface area (Å²) in [5, 5.41) is 0.913. The first-order chi connectivity index (χ1) is 13.5. The average molecular weight is 376 g/mol. The molecule has 0 unspecified atom stereocenters. The zero-order chi connectivity index (χ0) is 19.8. The van der Waals surface area contributed by atoms with Gasteiger partial charge in [-0.2, -0.15) is 0 Å². The van der Waals surface area contributed by atoms with Gasteiger partial charge in [0, 0.05) is 17.1 Å². The molecule has 2 heterocycles. The fraction of sp³-hybridized carbons (Fsp3) is 0.304. The molecule has 4 rings (SSSR count). The molecule has 0 N–H and O–H groups in total. The number of likely N-dealkylation sites (tertiary alicyclic amines) is 1. The number of rotatable bonds is 4. The van der Waals surface area contributed by atoms with Crippen molar-refractivity contribution >= 4 is 16.8 Å². The Bertz CT molecular complexity index is 1060. The standard InChI is InChI=1S/C23H24N2O3/c1-14-8-9-20-21(10-15(2)24-22(20)16(14)3)23(26)25-12-19(13-25)28-18-7-5-6-17(11-18)27-4/h5-11,19H,12-13H2,1-4H3. The molecule has 0 saturated carbocycles. The van der Waals surface area contributed by atoms with Gasteiger partial charge in [0.2, 0.25) is 0 Å². The van der Waals surface area contributed by atoms with Gasteiger partial charge in [-0.15, -0.1) is 0 Å². The van der Waals surface area contributed by atoms with Crippen LogP contribution in [-0.2, 0) is 0 Å². The van der Waals surface area contributed by atoms with Gasteiger partial charge in [0.05, 0.1) is 31.3 Å². The number of carbonyl (C=O) groups excluding carboxylic acids is 1. The molecule has 3 aromatic rings. The van der Waals surface area contributed by atoms with Gasteiger partial charge in [0.15, 0.2) is 0 Å². The van der Waals surface area contributed by atoms with Crippen molar-refractivity contribution in [3.63, 3.8) is 0 Å². The van der Waals surface area contributed by atoms with E-state index in [4.69, 9.17) is 9.47 Å². The molecule has 1 amide bonds. The highest BCUT2D eigenvalue weighted by Crippen LogP contribution is 2.28. The lowest BCUT2D eigenvalue weighted by atomic mass is 9.99. The van der Waals surface area contributed by atoms with E-state index < -0.39 is 0 Å². The molecular weight excluding hydrogens is 352 g/mol. The molecule has 1 saturated heterocycles. The lowest BCUT2D eigenvalue weighted by Gasteiger charge is -2.39. The molecule has 1 aromatic heterocycles. The van der Waals surface area contributed by atoms with Gasteiger partial charge in [0.25, 0.3) is 5.91 Å². The van der Waals surface area contributed by atoms with E-state index in [2.05, 4.69) is 24.9 Å². The fourth-order valence-corrected chi connectivity index (χ4v) is 3.55. The van der Waals surface area contributed by atoms with E-state index in [-0.39, 0.29) is 12.0 Å². The van der Waals surface area contributed by atoms with Gasteiger partial charge in [-0.1, -0.05) is 18.2 Å². The first-order valence-electron chi connectivity index (χ1n) is 9.44. The maximum Gasteiger partial charge on any atom is 0.254 e. The molecule has 1 aliphatic heterocycles. The van der Waals surface area contributed by atoms with E-state index in [1.807, 2.05) is 48.2 Å². The second kappa shape index (κ2) is 7.15. The van der Waals surface area contributed by atoms with Gasteiger partial charge in [-0.3, -0.25) is 9.78 Å². The summed E-state index contributed by atoms with van der Waals surface area (Å²) in [6.45, 7) is 7.20. The summed E-state index contributed by atoms with van der Waals surface area (Å²) in [6.07, 6.45) is -0.00534. The van der Waals surface area contributed by atoms with Crippen molar-refractivity contribution in [1.29, 1.82) is 0 Å². The number of pyridine rings is 1. The predicted octanol–water partition coefficient (Wildman–Crippen LogP) is 4.07. The number of benzene rings is 2. The minimum atomic E-state index is -0.00534. The smallest absolute Gasteiger partial charge is 0.254 e. The average Bonchev–Trinajstić information content (AvgIpc) is 2.66. The highest BCUT2D eigenvalue weighted by molar-refractivity contribution is 6.07. The van der Waals surface area contributed by atoms with Crippen LogP contribution in [0.4, 0.5) is 0 Å². The molecular formula is C23H24N2O3. The molecule has 144 valence electrons. The van der Waals surface area contributed by atoms with E-state index in [0.717, 1.165) is 33.7 Å². The highest BCUT2D eigenvalue weighted by Gasteiger charge is 2.33. The van der Waals surface area contributed by atoms with Crippen LogP contribution in [0, 0.1) is 20.8 Å². The quantitative estimate of drug-likeness (QED) is 0.689. The van der Waals surface area contributed by atoms with E-state index >= 15 is 0 Å². The molecule has 0 aliphatic carbocycles. The molecule has 0 bridgehead atoms. The Balaban J connectivity index is 1.51. The molecule has 1 fully saturated rings. The Hall–Kier alpha value is -3.08. The zero-order valence-electron chi connectivity index (χ0n) is 16.7. The number of hydrogen-bond donors (Lipinski definition) is 0. The largest absolute Gasteiger partial charge is 0.497 e. The first-order valence-corrected chi connectivity index (χ1v) is 9.44. The van der Waals surface area contributed by atoms with Crippen LogP contribution < -0.4 is 9.47 Å². The Morgan fingerprint density at radius 2 is 1.82 bits per heavy atom. The van der Waals surface area contributed by atoms with Crippen molar-refractivity contribution in [2.45, 2.75) is 26.9 Å². The third kappa shape index (κ3) is 3.28. The molecule has 0 atom stereocenters. The second-order valence-electron chi connectivity index (χ2n) is 7.34. The van der Waals surface area contributed by atoms with Crippen molar-refractivity contribution in [2.75, 3.05) is 20.2 Å². The first kappa shape index (κ1) is 18.3. The van der Waals surface area contributed by atoms with Gasteiger partial charge >= 0.3 is 0 Å². The Kier molecular flexibility index (Phi) is 4.67.